The van der Waals surface area contributed by atoms with E-state index in [0.717, 1.165) is 19.8 Å². The minimum Gasteiger partial charge on any atom is -0.459 e. The van der Waals surface area contributed by atoms with Gasteiger partial charge in [0.15, 0.2) is 0 Å². The summed E-state index contributed by atoms with van der Waals surface area (Å²) in [5.74, 6) is 0. The van der Waals surface area contributed by atoms with E-state index in [4.69, 9.17) is 4.74 Å². The summed E-state index contributed by atoms with van der Waals surface area (Å²) in [6.45, 7) is 4.26. The number of hydrogen-bond donors (Lipinski definition) is 0. The predicted octanol–water partition coefficient (Wildman–Crippen LogP) is 0.890. The zero-order valence-corrected chi connectivity index (χ0v) is 6.31. The number of hydrogen-bond acceptors (Lipinski definition) is 2. The van der Waals surface area contributed by atoms with Gasteiger partial charge in [0, 0.05) is 5.41 Å². The van der Waals surface area contributed by atoms with Crippen LogP contribution in [0.5, 0.6) is 0 Å². The van der Waals surface area contributed by atoms with Crippen LogP contribution in [-0.2, 0) is 4.74 Å². The van der Waals surface area contributed by atoms with Crippen molar-refractivity contribution in [3.63, 3.8) is 0 Å². The van der Waals surface area contributed by atoms with Crippen LogP contribution in [0.4, 0.5) is 0 Å². The van der Waals surface area contributed by atoms with E-state index in [1.807, 2.05) is 0 Å². The normalized spacial score (nSPS) is 32.1. The Morgan fingerprint density at radius 2 is 2.20 bits per heavy atom. The van der Waals surface area contributed by atoms with Crippen LogP contribution in [0.25, 0.3) is 0 Å². The van der Waals surface area contributed by atoms with Crippen LogP contribution in [0.2, 0.25) is 0 Å². The third-order valence-corrected chi connectivity index (χ3v) is 2.56. The Morgan fingerprint density at radius 1 is 1.40 bits per heavy atom. The standard InChI is InChI=1S/C8H14NO/c1-9-4-2-3-8(5-9)6-10-7-8/h1-7H2/q-1. The predicted molar refractivity (Wildman–Crippen MR) is 39.4 cm³/mol. The molecule has 2 heteroatoms. The summed E-state index contributed by atoms with van der Waals surface area (Å²) in [6.07, 6.45) is 2.64. The van der Waals surface area contributed by atoms with Crippen molar-refractivity contribution < 1.29 is 4.74 Å². The van der Waals surface area contributed by atoms with E-state index in [1.54, 1.807) is 0 Å². The van der Waals surface area contributed by atoms with Crippen molar-refractivity contribution in [3.8, 4) is 0 Å². The Morgan fingerprint density at radius 3 is 2.60 bits per heavy atom. The molecule has 0 amide bonds. The minimum atomic E-state index is 0.514. The molecule has 0 aliphatic carbocycles. The lowest BCUT2D eigenvalue weighted by Crippen LogP contribution is -2.52. The Kier molecular flexibility index (Phi) is 1.46. The molecule has 0 N–H and O–H groups in total. The molecule has 10 heavy (non-hydrogen) atoms. The van der Waals surface area contributed by atoms with E-state index in [9.17, 15) is 0 Å². The van der Waals surface area contributed by atoms with Crippen LogP contribution in [0.1, 0.15) is 12.8 Å². The highest BCUT2D eigenvalue weighted by atomic mass is 16.5. The maximum absolute atomic E-state index is 5.21. The highest BCUT2D eigenvalue weighted by Crippen LogP contribution is 2.36. The zero-order valence-electron chi connectivity index (χ0n) is 6.31. The van der Waals surface area contributed by atoms with Gasteiger partial charge in [-0.3, -0.25) is 7.05 Å². The topological polar surface area (TPSA) is 12.5 Å². The third-order valence-electron chi connectivity index (χ3n) is 2.56. The molecule has 2 fully saturated rings. The van der Waals surface area contributed by atoms with Crippen molar-refractivity contribution in [1.29, 1.82) is 0 Å². The van der Waals surface area contributed by atoms with Gasteiger partial charge in [-0.25, -0.2) is 0 Å². The molecule has 0 unspecified atom stereocenters. The molecule has 2 aliphatic rings. The molecule has 0 aromatic heterocycles. The van der Waals surface area contributed by atoms with Gasteiger partial charge in [0.25, 0.3) is 0 Å². The van der Waals surface area contributed by atoms with E-state index in [-0.39, 0.29) is 0 Å². The average Bonchev–Trinajstić information content (AvgIpc) is 1.85. The smallest absolute Gasteiger partial charge is 0.0556 e. The fraction of sp³-hybridized carbons (Fsp3) is 0.875. The number of likely N-dealkylation sites (tertiary alicyclic amines) is 1. The van der Waals surface area contributed by atoms with Crippen LogP contribution in [-0.4, -0.2) is 31.2 Å². The van der Waals surface area contributed by atoms with E-state index in [2.05, 4.69) is 11.9 Å². The molecular weight excluding hydrogens is 126 g/mol. The maximum Gasteiger partial charge on any atom is 0.0556 e. The Balaban J connectivity index is 1.96. The Bertz CT molecular complexity index is 131. The van der Waals surface area contributed by atoms with Crippen LogP contribution < -0.4 is 0 Å². The van der Waals surface area contributed by atoms with Gasteiger partial charge in [0.2, 0.25) is 0 Å². The van der Waals surface area contributed by atoms with E-state index >= 15 is 0 Å². The summed E-state index contributed by atoms with van der Waals surface area (Å²) in [5, 5.41) is 0. The first-order chi connectivity index (χ1) is 4.81. The second kappa shape index (κ2) is 2.21. The summed E-state index contributed by atoms with van der Waals surface area (Å²) in [6, 6.07) is 0. The summed E-state index contributed by atoms with van der Waals surface area (Å²) >= 11 is 0. The van der Waals surface area contributed by atoms with Crippen molar-refractivity contribution in [2.24, 2.45) is 5.41 Å². The zero-order chi connectivity index (χ0) is 7.03. The van der Waals surface area contributed by atoms with Crippen molar-refractivity contribution in [2.75, 3.05) is 26.3 Å². The second-order valence-corrected chi connectivity index (χ2v) is 3.65. The van der Waals surface area contributed by atoms with Gasteiger partial charge in [0.05, 0.1) is 13.2 Å². The summed E-state index contributed by atoms with van der Waals surface area (Å²) in [7, 11) is 3.95. The Labute approximate surface area is 62.2 Å². The molecule has 2 heterocycles. The van der Waals surface area contributed by atoms with Crippen molar-refractivity contribution in [3.05, 3.63) is 7.05 Å². The SMILES string of the molecule is [CH2-]N1CCCC2(COC2)C1. The molecule has 0 aromatic rings. The van der Waals surface area contributed by atoms with Gasteiger partial charge in [0.1, 0.15) is 0 Å². The molecule has 2 saturated heterocycles. The van der Waals surface area contributed by atoms with Crippen molar-refractivity contribution in [1.82, 2.24) is 4.90 Å². The molecule has 0 aromatic carbocycles. The molecule has 0 bridgehead atoms. The van der Waals surface area contributed by atoms with Crippen LogP contribution in [0.3, 0.4) is 0 Å². The summed E-state index contributed by atoms with van der Waals surface area (Å²) < 4.78 is 5.21. The van der Waals surface area contributed by atoms with Gasteiger partial charge in [-0.15, -0.1) is 0 Å². The quantitative estimate of drug-likeness (QED) is 0.463. The Hall–Kier alpha value is -0.0800. The fourth-order valence-corrected chi connectivity index (χ4v) is 1.94. The lowest BCUT2D eigenvalue weighted by atomic mass is 9.78. The number of ether oxygens (including phenoxy) is 1. The molecule has 0 radical (unpaired) electrons. The van der Waals surface area contributed by atoms with E-state index in [0.29, 0.717) is 5.41 Å². The highest BCUT2D eigenvalue weighted by Gasteiger charge is 2.39. The lowest BCUT2D eigenvalue weighted by molar-refractivity contribution is -0.138. The number of rotatable bonds is 0. The number of nitrogens with zero attached hydrogens (tertiary/aromatic N) is 1. The number of piperidine rings is 1. The molecule has 2 rings (SSSR count). The monoisotopic (exact) mass is 140 g/mol. The first kappa shape index (κ1) is 6.62. The van der Waals surface area contributed by atoms with E-state index < -0.39 is 0 Å². The minimum absolute atomic E-state index is 0.514. The van der Waals surface area contributed by atoms with Gasteiger partial charge in [-0.2, -0.15) is 0 Å². The summed E-state index contributed by atoms with van der Waals surface area (Å²) in [5.41, 5.74) is 0.514. The molecule has 0 saturated carbocycles. The van der Waals surface area contributed by atoms with Gasteiger partial charge in [-0.1, -0.05) is 0 Å². The third kappa shape index (κ3) is 0.956. The van der Waals surface area contributed by atoms with Crippen molar-refractivity contribution >= 4 is 0 Å². The first-order valence-electron chi connectivity index (χ1n) is 3.94. The first-order valence-corrected chi connectivity index (χ1v) is 3.94. The maximum atomic E-state index is 5.21. The molecule has 2 aliphatic heterocycles. The molecule has 1 spiro atoms. The average molecular weight is 140 g/mol. The largest absolute Gasteiger partial charge is 0.459 e. The van der Waals surface area contributed by atoms with Gasteiger partial charge < -0.3 is 9.64 Å². The van der Waals surface area contributed by atoms with E-state index in [1.165, 1.54) is 19.4 Å². The van der Waals surface area contributed by atoms with Crippen LogP contribution in [0, 0.1) is 12.5 Å². The van der Waals surface area contributed by atoms with Crippen LogP contribution in [0.15, 0.2) is 0 Å². The fourth-order valence-electron chi connectivity index (χ4n) is 1.94. The van der Waals surface area contributed by atoms with Gasteiger partial charge >= 0.3 is 0 Å². The second-order valence-electron chi connectivity index (χ2n) is 3.65. The molecule has 58 valence electrons. The lowest BCUT2D eigenvalue weighted by Gasteiger charge is -2.50. The van der Waals surface area contributed by atoms with Crippen molar-refractivity contribution in [2.45, 2.75) is 12.8 Å². The summed E-state index contributed by atoms with van der Waals surface area (Å²) in [4.78, 5) is 2.17. The molecule has 0 atom stereocenters. The van der Waals surface area contributed by atoms with Gasteiger partial charge in [-0.05, 0) is 25.9 Å². The molecular formula is C8H14NO-. The highest BCUT2D eigenvalue weighted by molar-refractivity contribution is 4.91. The molecule has 2 nitrogen and oxygen atoms in total. The van der Waals surface area contributed by atoms with Crippen LogP contribution >= 0.6 is 0 Å².